The van der Waals surface area contributed by atoms with Crippen LogP contribution in [-0.2, 0) is 9.59 Å². The van der Waals surface area contributed by atoms with Crippen LogP contribution in [0.2, 0.25) is 0 Å². The normalized spacial score (nSPS) is 10.6. The van der Waals surface area contributed by atoms with Crippen LogP contribution in [0, 0.1) is 11.8 Å². The lowest BCUT2D eigenvalue weighted by Gasteiger charge is -2.13. The first-order chi connectivity index (χ1) is 11.9. The van der Waals surface area contributed by atoms with Gasteiger partial charge in [-0.1, -0.05) is 27.7 Å². The van der Waals surface area contributed by atoms with E-state index in [0.717, 1.165) is 12.8 Å². The van der Waals surface area contributed by atoms with Gasteiger partial charge in [-0.2, -0.15) is 0 Å². The lowest BCUT2D eigenvalue weighted by molar-refractivity contribution is -0.125. The van der Waals surface area contributed by atoms with Crippen molar-refractivity contribution in [2.45, 2.75) is 40.5 Å². The van der Waals surface area contributed by atoms with Crippen molar-refractivity contribution in [1.29, 1.82) is 0 Å². The minimum atomic E-state index is -0.210. The van der Waals surface area contributed by atoms with Crippen LogP contribution in [0.1, 0.15) is 50.9 Å². The van der Waals surface area contributed by atoms with E-state index in [4.69, 9.17) is 0 Å². The van der Waals surface area contributed by atoms with Crippen molar-refractivity contribution in [2.24, 2.45) is 11.8 Å². The average molecular weight is 347 g/mol. The van der Waals surface area contributed by atoms with E-state index in [1.807, 2.05) is 27.7 Å². The van der Waals surface area contributed by atoms with Gasteiger partial charge in [-0.15, -0.1) is 0 Å². The molecule has 0 saturated heterocycles. The van der Waals surface area contributed by atoms with Crippen molar-refractivity contribution in [1.82, 2.24) is 10.6 Å². The summed E-state index contributed by atoms with van der Waals surface area (Å²) < 4.78 is 0. The Balaban J connectivity index is 2.40. The van der Waals surface area contributed by atoms with E-state index in [1.165, 1.54) is 0 Å². The first-order valence-electron chi connectivity index (χ1n) is 8.85. The van der Waals surface area contributed by atoms with Crippen molar-refractivity contribution in [3.8, 4) is 0 Å². The molecule has 6 heteroatoms. The molecule has 6 nitrogen and oxygen atoms in total. The highest BCUT2D eigenvalue weighted by Crippen LogP contribution is 2.11. The Hall–Kier alpha value is -2.37. The summed E-state index contributed by atoms with van der Waals surface area (Å²) in [6.45, 7) is 8.39. The molecular formula is C19H29N3O3. The van der Waals surface area contributed by atoms with Crippen molar-refractivity contribution < 1.29 is 14.4 Å². The maximum atomic E-state index is 12.1. The Morgan fingerprint density at radius 1 is 0.880 bits per heavy atom. The predicted octanol–water partition coefficient (Wildman–Crippen LogP) is 2.56. The predicted molar refractivity (Wildman–Crippen MR) is 99.3 cm³/mol. The van der Waals surface area contributed by atoms with Gasteiger partial charge in [-0.25, -0.2) is 0 Å². The molecule has 1 rings (SSSR count). The molecule has 1 aromatic rings. The zero-order valence-corrected chi connectivity index (χ0v) is 15.5. The molecule has 0 spiro atoms. The number of carbonyl (C=O) groups excluding carboxylic acids is 3. The second kappa shape index (κ2) is 10.5. The van der Waals surface area contributed by atoms with Gasteiger partial charge in [-0.05, 0) is 37.1 Å². The van der Waals surface area contributed by atoms with Gasteiger partial charge in [0, 0.05) is 36.2 Å². The molecule has 0 unspecified atom stereocenters. The number of nitrogens with one attached hydrogen (secondary N) is 3. The van der Waals surface area contributed by atoms with Crippen LogP contribution < -0.4 is 16.0 Å². The van der Waals surface area contributed by atoms with Crippen LogP contribution in [0.25, 0.3) is 0 Å². The Morgan fingerprint density at radius 3 is 1.96 bits per heavy atom. The highest BCUT2D eigenvalue weighted by molar-refractivity contribution is 5.96. The summed E-state index contributed by atoms with van der Waals surface area (Å²) >= 11 is 0. The maximum absolute atomic E-state index is 12.1. The zero-order chi connectivity index (χ0) is 18.8. The van der Waals surface area contributed by atoms with E-state index in [-0.39, 0.29) is 29.6 Å². The second-order valence-electron chi connectivity index (χ2n) is 6.28. The molecule has 0 heterocycles. The van der Waals surface area contributed by atoms with Crippen LogP contribution in [-0.4, -0.2) is 30.8 Å². The molecule has 0 aliphatic carbocycles. The van der Waals surface area contributed by atoms with E-state index in [0.29, 0.717) is 24.3 Å². The molecule has 0 aliphatic heterocycles. The number of carbonyl (C=O) groups is 3. The van der Waals surface area contributed by atoms with Crippen LogP contribution in [0.15, 0.2) is 24.3 Å². The molecule has 138 valence electrons. The van der Waals surface area contributed by atoms with Gasteiger partial charge in [0.05, 0.1) is 0 Å². The SMILES string of the molecule is CCC(CC)C(=O)NCCNC(=O)c1ccc(NC(=O)C(C)C)cc1. The topological polar surface area (TPSA) is 87.3 Å². The van der Waals surface area contributed by atoms with Gasteiger partial charge in [0.1, 0.15) is 0 Å². The number of rotatable bonds is 9. The van der Waals surface area contributed by atoms with Crippen LogP contribution in [0.3, 0.4) is 0 Å². The second-order valence-corrected chi connectivity index (χ2v) is 6.28. The summed E-state index contributed by atoms with van der Waals surface area (Å²) in [5.41, 5.74) is 1.17. The number of anilines is 1. The minimum absolute atomic E-state index is 0.0318. The quantitative estimate of drug-likeness (QED) is 0.600. The molecule has 3 N–H and O–H groups in total. The Kier molecular flexibility index (Phi) is 8.67. The van der Waals surface area contributed by atoms with Gasteiger partial charge in [0.25, 0.3) is 5.91 Å². The third-order valence-electron chi connectivity index (χ3n) is 4.01. The molecule has 0 fully saturated rings. The molecule has 0 saturated carbocycles. The van der Waals surface area contributed by atoms with Gasteiger partial charge in [0.15, 0.2) is 0 Å². The summed E-state index contributed by atoms with van der Waals surface area (Å²) in [5.74, 6) is -0.309. The molecule has 0 atom stereocenters. The van der Waals surface area contributed by atoms with E-state index in [1.54, 1.807) is 24.3 Å². The number of hydrogen-bond donors (Lipinski definition) is 3. The highest BCUT2D eigenvalue weighted by atomic mass is 16.2. The van der Waals surface area contributed by atoms with Gasteiger partial charge in [-0.3, -0.25) is 14.4 Å². The largest absolute Gasteiger partial charge is 0.354 e. The Morgan fingerprint density at radius 2 is 1.44 bits per heavy atom. The zero-order valence-electron chi connectivity index (χ0n) is 15.5. The van der Waals surface area contributed by atoms with Gasteiger partial charge >= 0.3 is 0 Å². The maximum Gasteiger partial charge on any atom is 0.251 e. The van der Waals surface area contributed by atoms with Crippen molar-refractivity contribution >= 4 is 23.4 Å². The highest BCUT2D eigenvalue weighted by Gasteiger charge is 2.13. The summed E-state index contributed by atoms with van der Waals surface area (Å²) in [6, 6.07) is 6.72. The summed E-state index contributed by atoms with van der Waals surface area (Å²) in [4.78, 5) is 35.5. The van der Waals surface area contributed by atoms with E-state index < -0.39 is 0 Å². The molecule has 0 radical (unpaired) electrons. The fourth-order valence-corrected chi connectivity index (χ4v) is 2.26. The summed E-state index contributed by atoms with van der Waals surface area (Å²) in [5, 5.41) is 8.37. The molecule has 3 amide bonds. The van der Waals surface area contributed by atoms with E-state index >= 15 is 0 Å². The van der Waals surface area contributed by atoms with E-state index in [2.05, 4.69) is 16.0 Å². The third kappa shape index (κ3) is 6.95. The van der Waals surface area contributed by atoms with Crippen molar-refractivity contribution in [2.75, 3.05) is 18.4 Å². The fraction of sp³-hybridized carbons (Fsp3) is 0.526. The monoisotopic (exact) mass is 347 g/mol. The molecule has 0 aromatic heterocycles. The summed E-state index contributed by atoms with van der Waals surface area (Å²) in [7, 11) is 0. The molecule has 0 bridgehead atoms. The molecular weight excluding hydrogens is 318 g/mol. The van der Waals surface area contributed by atoms with Crippen LogP contribution in [0.4, 0.5) is 5.69 Å². The third-order valence-corrected chi connectivity index (χ3v) is 4.01. The molecule has 25 heavy (non-hydrogen) atoms. The number of benzene rings is 1. The summed E-state index contributed by atoms with van der Waals surface area (Å²) in [6.07, 6.45) is 1.63. The molecule has 1 aromatic carbocycles. The fourth-order valence-electron chi connectivity index (χ4n) is 2.26. The van der Waals surface area contributed by atoms with Crippen molar-refractivity contribution in [3.63, 3.8) is 0 Å². The minimum Gasteiger partial charge on any atom is -0.354 e. The Bertz CT molecular complexity index is 578. The average Bonchev–Trinajstić information content (AvgIpc) is 2.60. The van der Waals surface area contributed by atoms with Gasteiger partial charge in [0.2, 0.25) is 11.8 Å². The van der Waals surface area contributed by atoms with Gasteiger partial charge < -0.3 is 16.0 Å². The lowest BCUT2D eigenvalue weighted by atomic mass is 10.0. The van der Waals surface area contributed by atoms with Crippen LogP contribution in [0.5, 0.6) is 0 Å². The number of amides is 3. The first-order valence-corrected chi connectivity index (χ1v) is 8.85. The van der Waals surface area contributed by atoms with Crippen LogP contribution >= 0.6 is 0 Å². The standard InChI is InChI=1S/C19H29N3O3/c1-5-14(6-2)18(24)20-11-12-21-19(25)15-7-9-16(10-8-15)22-17(23)13(3)4/h7-10,13-14H,5-6,11-12H2,1-4H3,(H,20,24)(H,21,25)(H,22,23). The molecule has 0 aliphatic rings. The van der Waals surface area contributed by atoms with E-state index in [9.17, 15) is 14.4 Å². The Labute approximate surface area is 149 Å². The lowest BCUT2D eigenvalue weighted by Crippen LogP contribution is -2.37. The first kappa shape index (κ1) is 20.7. The number of hydrogen-bond acceptors (Lipinski definition) is 3. The van der Waals surface area contributed by atoms with Crippen molar-refractivity contribution in [3.05, 3.63) is 29.8 Å². The smallest absolute Gasteiger partial charge is 0.251 e.